The number of aromatic nitrogens is 1. The van der Waals surface area contributed by atoms with Crippen molar-refractivity contribution in [3.05, 3.63) is 36.0 Å². The molecule has 0 N–H and O–H groups in total. The lowest BCUT2D eigenvalue weighted by molar-refractivity contribution is 0.112. The van der Waals surface area contributed by atoms with E-state index in [0.717, 1.165) is 48.7 Å². The average molecular weight is 245 g/mol. The van der Waals surface area contributed by atoms with Gasteiger partial charge in [-0.3, -0.25) is 4.79 Å². The Balaban J connectivity index is 2.06. The molecule has 0 bridgehead atoms. The Morgan fingerprint density at radius 2 is 2.17 bits per heavy atom. The number of carbonyl (C=O) groups is 1. The first kappa shape index (κ1) is 12.8. The molecule has 0 saturated heterocycles. The summed E-state index contributed by atoms with van der Waals surface area (Å²) in [6, 6.07) is 7.82. The van der Waals surface area contributed by atoms with E-state index in [1.807, 2.05) is 30.5 Å². The van der Waals surface area contributed by atoms with E-state index in [-0.39, 0.29) is 0 Å². The largest absolute Gasteiger partial charge is 0.380 e. The molecule has 2 rings (SSSR count). The van der Waals surface area contributed by atoms with E-state index < -0.39 is 0 Å². The second-order valence-corrected chi connectivity index (χ2v) is 4.38. The highest BCUT2D eigenvalue weighted by Crippen LogP contribution is 2.19. The van der Waals surface area contributed by atoms with Crippen molar-refractivity contribution >= 4 is 17.2 Å². The van der Waals surface area contributed by atoms with Crippen LogP contribution in [-0.2, 0) is 11.3 Å². The molecule has 2 aromatic rings. The highest BCUT2D eigenvalue weighted by atomic mass is 16.5. The van der Waals surface area contributed by atoms with E-state index in [4.69, 9.17) is 4.74 Å². The summed E-state index contributed by atoms with van der Waals surface area (Å²) in [6.45, 7) is 4.45. The number of nitrogens with zero attached hydrogens (tertiary/aromatic N) is 1. The lowest BCUT2D eigenvalue weighted by Crippen LogP contribution is -2.06. The van der Waals surface area contributed by atoms with Crippen LogP contribution >= 0.6 is 0 Å². The Labute approximate surface area is 107 Å². The van der Waals surface area contributed by atoms with Gasteiger partial charge in [-0.05, 0) is 18.6 Å². The van der Waals surface area contributed by atoms with Crippen molar-refractivity contribution in [3.63, 3.8) is 0 Å². The van der Waals surface area contributed by atoms with Crippen LogP contribution in [0.3, 0.4) is 0 Å². The Kier molecular flexibility index (Phi) is 4.53. The molecule has 0 radical (unpaired) electrons. The van der Waals surface area contributed by atoms with Crippen LogP contribution < -0.4 is 0 Å². The maximum Gasteiger partial charge on any atom is 0.152 e. The van der Waals surface area contributed by atoms with Crippen LogP contribution in [0.15, 0.2) is 30.5 Å². The zero-order valence-corrected chi connectivity index (χ0v) is 10.8. The van der Waals surface area contributed by atoms with Crippen LogP contribution in [0.2, 0.25) is 0 Å². The van der Waals surface area contributed by atoms with E-state index in [9.17, 15) is 4.79 Å². The number of aldehydes is 1. The van der Waals surface area contributed by atoms with Gasteiger partial charge in [0.1, 0.15) is 0 Å². The third-order valence-corrected chi connectivity index (χ3v) is 3.07. The number of carbonyl (C=O) groups excluding carboxylic acids is 1. The quantitative estimate of drug-likeness (QED) is 0.553. The molecule has 0 aliphatic heterocycles. The molecule has 0 spiro atoms. The Morgan fingerprint density at radius 1 is 1.28 bits per heavy atom. The SMILES string of the molecule is CCCCOCCn1ccc2cccc(C=O)c21. The topological polar surface area (TPSA) is 31.2 Å². The number of fused-ring (bicyclic) bond motifs is 1. The normalized spacial score (nSPS) is 10.9. The molecule has 0 saturated carbocycles. The number of ether oxygens (including phenoxy) is 1. The lowest BCUT2D eigenvalue weighted by atomic mass is 10.1. The van der Waals surface area contributed by atoms with Gasteiger partial charge < -0.3 is 9.30 Å². The molecule has 1 aromatic heterocycles. The fourth-order valence-electron chi connectivity index (χ4n) is 2.08. The van der Waals surface area contributed by atoms with E-state index >= 15 is 0 Å². The molecule has 1 aromatic carbocycles. The average Bonchev–Trinajstić information content (AvgIpc) is 2.82. The highest BCUT2D eigenvalue weighted by Gasteiger charge is 2.05. The Morgan fingerprint density at radius 3 is 2.94 bits per heavy atom. The van der Waals surface area contributed by atoms with Crippen LogP contribution in [-0.4, -0.2) is 24.1 Å². The van der Waals surface area contributed by atoms with Gasteiger partial charge in [0.25, 0.3) is 0 Å². The van der Waals surface area contributed by atoms with Gasteiger partial charge in [0.15, 0.2) is 6.29 Å². The molecule has 3 heteroatoms. The van der Waals surface area contributed by atoms with Gasteiger partial charge in [0.05, 0.1) is 12.1 Å². The number of para-hydroxylation sites is 1. The van der Waals surface area contributed by atoms with E-state index in [0.29, 0.717) is 6.61 Å². The predicted octanol–water partition coefficient (Wildman–Crippen LogP) is 3.27. The molecule has 0 unspecified atom stereocenters. The van der Waals surface area contributed by atoms with Gasteiger partial charge in [-0.25, -0.2) is 0 Å². The molecule has 0 aliphatic rings. The predicted molar refractivity (Wildman–Crippen MR) is 73.1 cm³/mol. The summed E-state index contributed by atoms with van der Waals surface area (Å²) in [6.07, 6.45) is 5.19. The molecular weight excluding hydrogens is 226 g/mol. The fourth-order valence-corrected chi connectivity index (χ4v) is 2.08. The summed E-state index contributed by atoms with van der Waals surface area (Å²) in [5, 5.41) is 1.10. The minimum absolute atomic E-state index is 0.691. The maximum atomic E-state index is 11.0. The molecular formula is C15H19NO2. The van der Waals surface area contributed by atoms with Crippen molar-refractivity contribution in [2.45, 2.75) is 26.3 Å². The van der Waals surface area contributed by atoms with Crippen LogP contribution in [0.5, 0.6) is 0 Å². The molecule has 1 heterocycles. The van der Waals surface area contributed by atoms with Crippen molar-refractivity contribution < 1.29 is 9.53 Å². The number of benzene rings is 1. The third kappa shape index (κ3) is 2.79. The summed E-state index contributed by atoms with van der Waals surface area (Å²) in [5.74, 6) is 0. The number of hydrogen-bond acceptors (Lipinski definition) is 2. The van der Waals surface area contributed by atoms with Gasteiger partial charge >= 0.3 is 0 Å². The molecule has 0 atom stereocenters. The molecule has 3 nitrogen and oxygen atoms in total. The summed E-state index contributed by atoms with van der Waals surface area (Å²) >= 11 is 0. The van der Waals surface area contributed by atoms with Gasteiger partial charge in [-0.1, -0.05) is 25.5 Å². The summed E-state index contributed by atoms with van der Waals surface area (Å²) in [5.41, 5.74) is 1.75. The maximum absolute atomic E-state index is 11.0. The molecule has 18 heavy (non-hydrogen) atoms. The second-order valence-electron chi connectivity index (χ2n) is 4.38. The van der Waals surface area contributed by atoms with E-state index in [2.05, 4.69) is 11.5 Å². The number of hydrogen-bond donors (Lipinski definition) is 0. The summed E-state index contributed by atoms with van der Waals surface area (Å²) < 4.78 is 7.65. The number of rotatable bonds is 7. The van der Waals surface area contributed by atoms with Crippen LogP contribution in [0.1, 0.15) is 30.1 Å². The number of unbranched alkanes of at least 4 members (excludes halogenated alkanes) is 1. The van der Waals surface area contributed by atoms with E-state index in [1.54, 1.807) is 0 Å². The molecule has 0 fully saturated rings. The monoisotopic (exact) mass is 245 g/mol. The standard InChI is InChI=1S/C15H19NO2/c1-2-3-10-18-11-9-16-8-7-13-5-4-6-14(12-17)15(13)16/h4-8,12H,2-3,9-11H2,1H3. The zero-order valence-electron chi connectivity index (χ0n) is 10.8. The van der Waals surface area contributed by atoms with Crippen molar-refractivity contribution in [2.24, 2.45) is 0 Å². The molecule has 96 valence electrons. The van der Waals surface area contributed by atoms with Gasteiger partial charge in [0.2, 0.25) is 0 Å². The first-order chi connectivity index (χ1) is 8.86. The van der Waals surface area contributed by atoms with Crippen LogP contribution in [0.25, 0.3) is 10.9 Å². The smallest absolute Gasteiger partial charge is 0.152 e. The van der Waals surface area contributed by atoms with Crippen molar-refractivity contribution in [2.75, 3.05) is 13.2 Å². The lowest BCUT2D eigenvalue weighted by Gasteiger charge is -2.07. The van der Waals surface area contributed by atoms with Crippen molar-refractivity contribution in [1.82, 2.24) is 4.57 Å². The van der Waals surface area contributed by atoms with Crippen LogP contribution in [0.4, 0.5) is 0 Å². The van der Waals surface area contributed by atoms with Gasteiger partial charge in [0, 0.05) is 30.3 Å². The first-order valence-electron chi connectivity index (χ1n) is 6.47. The Hall–Kier alpha value is -1.61. The molecule has 0 amide bonds. The Bertz CT molecular complexity index is 516. The van der Waals surface area contributed by atoms with Crippen molar-refractivity contribution in [3.8, 4) is 0 Å². The minimum Gasteiger partial charge on any atom is -0.380 e. The van der Waals surface area contributed by atoms with E-state index in [1.165, 1.54) is 0 Å². The highest BCUT2D eigenvalue weighted by molar-refractivity contribution is 5.96. The summed E-state index contributed by atoms with van der Waals surface area (Å²) in [4.78, 5) is 11.0. The minimum atomic E-state index is 0.691. The van der Waals surface area contributed by atoms with Gasteiger partial charge in [-0.2, -0.15) is 0 Å². The molecule has 0 aliphatic carbocycles. The van der Waals surface area contributed by atoms with Gasteiger partial charge in [-0.15, -0.1) is 0 Å². The van der Waals surface area contributed by atoms with Crippen molar-refractivity contribution in [1.29, 1.82) is 0 Å². The third-order valence-electron chi connectivity index (χ3n) is 3.07. The summed E-state index contributed by atoms with van der Waals surface area (Å²) in [7, 11) is 0. The zero-order chi connectivity index (χ0) is 12.8. The second kappa shape index (κ2) is 6.36. The first-order valence-corrected chi connectivity index (χ1v) is 6.47. The van der Waals surface area contributed by atoms with Crippen LogP contribution in [0, 0.1) is 0 Å². The fraction of sp³-hybridized carbons (Fsp3) is 0.400.